The number of allylic oxidation sites excluding steroid dienone is 4. The number of aliphatic hydroxyl groups excluding tert-OH is 1. The summed E-state index contributed by atoms with van der Waals surface area (Å²) in [6.45, 7) is 8.63. The molecular weight excluding hydrogens is 546 g/mol. The average molecular weight is 594 g/mol. The predicted octanol–water partition coefficient (Wildman–Crippen LogP) is 6.46. The van der Waals surface area contributed by atoms with E-state index >= 15 is 4.79 Å². The van der Waals surface area contributed by atoms with Gasteiger partial charge in [0.05, 0.1) is 24.9 Å². The molecule has 5 heteroatoms. The largest absolute Gasteiger partial charge is 0.393 e. The summed E-state index contributed by atoms with van der Waals surface area (Å²) in [4.78, 5) is 17.6. The second-order valence-electron chi connectivity index (χ2n) is 15.4. The van der Waals surface area contributed by atoms with Gasteiger partial charge in [0.25, 0.3) is 0 Å². The fourth-order valence-electron chi connectivity index (χ4n) is 11.4. The first-order valence-corrected chi connectivity index (χ1v) is 17.0. The molecule has 1 saturated heterocycles. The molecule has 6 aliphatic carbocycles. The van der Waals surface area contributed by atoms with E-state index in [-0.39, 0.29) is 34.1 Å². The lowest BCUT2D eigenvalue weighted by atomic mass is 9.32. The third kappa shape index (κ3) is 3.76. The molecule has 3 saturated carbocycles. The van der Waals surface area contributed by atoms with Crippen LogP contribution >= 0.6 is 0 Å². The minimum absolute atomic E-state index is 0.0318. The molecule has 232 valence electrons. The van der Waals surface area contributed by atoms with Crippen molar-refractivity contribution in [2.75, 3.05) is 32.8 Å². The molecule has 0 radical (unpaired) electrons. The van der Waals surface area contributed by atoms with Gasteiger partial charge in [0.2, 0.25) is 0 Å². The molecular formula is C39H47NO4. The lowest BCUT2D eigenvalue weighted by molar-refractivity contribution is -0.178. The van der Waals surface area contributed by atoms with Crippen molar-refractivity contribution in [2.45, 2.75) is 70.5 Å². The van der Waals surface area contributed by atoms with Crippen molar-refractivity contribution >= 4 is 5.78 Å². The summed E-state index contributed by atoms with van der Waals surface area (Å²) in [6.07, 6.45) is 12.9. The van der Waals surface area contributed by atoms with Gasteiger partial charge in [-0.3, -0.25) is 9.69 Å². The highest BCUT2D eigenvalue weighted by atomic mass is 16.5. The number of benzene rings is 2. The van der Waals surface area contributed by atoms with Crippen LogP contribution in [0.1, 0.15) is 69.2 Å². The number of nitrogens with zero attached hydrogens (tertiary/aromatic N) is 1. The molecule has 2 bridgehead atoms. The lowest BCUT2D eigenvalue weighted by Gasteiger charge is -2.71. The molecule has 2 aromatic rings. The van der Waals surface area contributed by atoms with Crippen LogP contribution < -0.4 is 0 Å². The molecule has 44 heavy (non-hydrogen) atoms. The number of hydrogen-bond donors (Lipinski definition) is 2. The maximum Gasteiger partial charge on any atom is 0.190 e. The van der Waals surface area contributed by atoms with E-state index in [0.717, 1.165) is 87.1 Å². The van der Waals surface area contributed by atoms with E-state index in [1.165, 1.54) is 0 Å². The number of ether oxygens (including phenoxy) is 1. The van der Waals surface area contributed by atoms with Crippen LogP contribution in [0.4, 0.5) is 0 Å². The quantitative estimate of drug-likeness (QED) is 0.308. The zero-order valence-corrected chi connectivity index (χ0v) is 26.3. The topological polar surface area (TPSA) is 70.0 Å². The SMILES string of the molecule is CC12CCC(O)CC13C=CC1(C(C(=O)c4ccccc4-c4ccccc4)=C3)C2CCC2(C)C1CCC2(O)CN1CCOCC1. The maximum atomic E-state index is 15.2. The van der Waals surface area contributed by atoms with Crippen LogP contribution in [0.15, 0.2) is 78.4 Å². The molecule has 2 aromatic carbocycles. The summed E-state index contributed by atoms with van der Waals surface area (Å²) in [6, 6.07) is 18.3. The summed E-state index contributed by atoms with van der Waals surface area (Å²) >= 11 is 0. The third-order valence-electron chi connectivity index (χ3n) is 13.8. The van der Waals surface area contributed by atoms with Crippen LogP contribution in [0.25, 0.3) is 11.1 Å². The van der Waals surface area contributed by atoms with E-state index < -0.39 is 11.0 Å². The standard InChI is InChI=1S/C39H47NO4/c1-35-15-12-28(41)24-37(35)18-19-39(31(25-37)34(42)30-11-7-6-10-29(30)27-8-4-3-5-9-27)32(35)13-16-36(2)33(39)14-17-38(36,43)26-40-20-22-44-23-21-40/h3-11,18-19,25,28,32-33,41,43H,12-17,20-24,26H2,1-2H3. The minimum atomic E-state index is -0.811. The van der Waals surface area contributed by atoms with Crippen LogP contribution in [-0.2, 0) is 4.74 Å². The summed E-state index contributed by atoms with van der Waals surface area (Å²) in [7, 11) is 0. The summed E-state index contributed by atoms with van der Waals surface area (Å²) in [5.41, 5.74) is 1.76. The predicted molar refractivity (Wildman–Crippen MR) is 172 cm³/mol. The number of hydrogen-bond acceptors (Lipinski definition) is 5. The number of morpholine rings is 1. The number of β-amino-alcohol motifs (C(OH)–C–C–N with tert-alkyl or cyclic N) is 1. The Morgan fingerprint density at radius 2 is 1.57 bits per heavy atom. The fourth-order valence-corrected chi connectivity index (χ4v) is 11.4. The Labute approximate surface area is 262 Å². The zero-order valence-electron chi connectivity index (χ0n) is 26.3. The van der Waals surface area contributed by atoms with E-state index in [9.17, 15) is 10.2 Å². The lowest BCUT2D eigenvalue weighted by Crippen LogP contribution is -2.67. The Hall–Kier alpha value is -2.57. The van der Waals surface area contributed by atoms with Gasteiger partial charge >= 0.3 is 0 Å². The van der Waals surface area contributed by atoms with Crippen molar-refractivity contribution in [3.05, 3.63) is 84.0 Å². The second kappa shape index (κ2) is 9.96. The van der Waals surface area contributed by atoms with Crippen molar-refractivity contribution in [1.82, 2.24) is 4.90 Å². The smallest absolute Gasteiger partial charge is 0.190 e. The highest BCUT2D eigenvalue weighted by Gasteiger charge is 2.74. The second-order valence-corrected chi connectivity index (χ2v) is 15.4. The first-order chi connectivity index (χ1) is 21.2. The van der Waals surface area contributed by atoms with Crippen molar-refractivity contribution in [3.8, 4) is 11.1 Å². The van der Waals surface area contributed by atoms with Crippen LogP contribution in [0.2, 0.25) is 0 Å². The number of aliphatic hydroxyl groups is 2. The number of carbonyl (C=O) groups excluding carboxylic acids is 1. The molecule has 5 nitrogen and oxygen atoms in total. The van der Waals surface area contributed by atoms with Crippen molar-refractivity contribution < 1.29 is 19.7 Å². The summed E-state index contributed by atoms with van der Waals surface area (Å²) in [5.74, 6) is 0.578. The molecule has 0 amide bonds. The Bertz CT molecular complexity index is 1530. The molecule has 7 aliphatic rings. The third-order valence-corrected chi connectivity index (χ3v) is 13.8. The van der Waals surface area contributed by atoms with Gasteiger partial charge in [-0.1, -0.05) is 86.7 Å². The molecule has 2 spiro atoms. The molecule has 8 unspecified atom stereocenters. The van der Waals surface area contributed by atoms with Gasteiger partial charge in [0.15, 0.2) is 5.78 Å². The Balaban J connectivity index is 1.28. The highest BCUT2D eigenvalue weighted by Crippen LogP contribution is 2.78. The van der Waals surface area contributed by atoms with Gasteiger partial charge < -0.3 is 14.9 Å². The zero-order chi connectivity index (χ0) is 30.4. The molecule has 4 fully saturated rings. The molecule has 9 rings (SSSR count). The van der Waals surface area contributed by atoms with Crippen LogP contribution in [0.5, 0.6) is 0 Å². The van der Waals surface area contributed by atoms with Crippen LogP contribution in [-0.4, -0.2) is 65.4 Å². The molecule has 1 aliphatic heterocycles. The number of Topliss-reactive ketones (excluding diaryl/α,β-unsaturated/α-hetero) is 1. The van der Waals surface area contributed by atoms with E-state index in [0.29, 0.717) is 18.9 Å². The summed E-state index contributed by atoms with van der Waals surface area (Å²) < 4.78 is 5.64. The maximum absolute atomic E-state index is 15.2. The van der Waals surface area contributed by atoms with Crippen molar-refractivity contribution in [2.24, 2.45) is 33.5 Å². The normalized spacial score (nSPS) is 42.7. The van der Waals surface area contributed by atoms with Gasteiger partial charge in [0, 0.05) is 47.0 Å². The van der Waals surface area contributed by atoms with E-state index in [4.69, 9.17) is 4.74 Å². The fraction of sp³-hybridized carbons (Fsp3) is 0.564. The number of ketones is 1. The van der Waals surface area contributed by atoms with E-state index in [2.05, 4.69) is 55.2 Å². The Morgan fingerprint density at radius 3 is 2.36 bits per heavy atom. The van der Waals surface area contributed by atoms with E-state index in [1.807, 2.05) is 36.4 Å². The van der Waals surface area contributed by atoms with Gasteiger partial charge in [-0.25, -0.2) is 0 Å². The first-order valence-electron chi connectivity index (χ1n) is 17.0. The van der Waals surface area contributed by atoms with Crippen LogP contribution in [0.3, 0.4) is 0 Å². The molecule has 0 aromatic heterocycles. The number of carbonyl (C=O) groups is 1. The van der Waals surface area contributed by atoms with Gasteiger partial charge in [-0.15, -0.1) is 0 Å². The number of fused-ring (bicyclic) bond motifs is 1. The molecule has 2 N–H and O–H groups in total. The van der Waals surface area contributed by atoms with Gasteiger partial charge in [-0.05, 0) is 73.3 Å². The van der Waals surface area contributed by atoms with Crippen LogP contribution in [0, 0.1) is 33.5 Å². The van der Waals surface area contributed by atoms with Gasteiger partial charge in [0.1, 0.15) is 0 Å². The highest BCUT2D eigenvalue weighted by molar-refractivity contribution is 6.14. The number of rotatable bonds is 5. The summed E-state index contributed by atoms with van der Waals surface area (Å²) in [5, 5.41) is 23.7. The van der Waals surface area contributed by atoms with E-state index in [1.54, 1.807) is 0 Å². The van der Waals surface area contributed by atoms with Crippen molar-refractivity contribution in [1.29, 1.82) is 0 Å². The Morgan fingerprint density at radius 1 is 0.886 bits per heavy atom. The monoisotopic (exact) mass is 593 g/mol. The molecule has 1 heterocycles. The average Bonchev–Trinajstić information content (AvgIpc) is 3.31. The first kappa shape index (κ1) is 28.9. The minimum Gasteiger partial charge on any atom is -0.393 e. The molecule has 8 atom stereocenters. The van der Waals surface area contributed by atoms with Crippen molar-refractivity contribution in [3.63, 3.8) is 0 Å². The Kier molecular flexibility index (Phi) is 6.54. The van der Waals surface area contributed by atoms with Gasteiger partial charge in [-0.2, -0.15) is 0 Å².